The van der Waals surface area contributed by atoms with E-state index in [1.54, 1.807) is 6.92 Å². The van der Waals surface area contributed by atoms with Gasteiger partial charge in [-0.15, -0.1) is 0 Å². The van der Waals surface area contributed by atoms with Crippen LogP contribution in [0.15, 0.2) is 36.4 Å². The molecule has 0 saturated carbocycles. The van der Waals surface area contributed by atoms with Crippen LogP contribution in [-0.4, -0.2) is 38.9 Å². The maximum atomic E-state index is 11.2. The van der Waals surface area contributed by atoms with Gasteiger partial charge in [-0.1, -0.05) is 30.8 Å². The van der Waals surface area contributed by atoms with E-state index in [1.807, 2.05) is 6.07 Å². The SMILES string of the molecule is C=C(C)C(=O)OCCOCCc1cccc(C2NCCO2)c1. The molecule has 1 heterocycles. The molecule has 1 aliphatic rings. The lowest BCUT2D eigenvalue weighted by molar-refractivity contribution is -0.140. The van der Waals surface area contributed by atoms with Gasteiger partial charge in [0, 0.05) is 12.1 Å². The van der Waals surface area contributed by atoms with Gasteiger partial charge in [0.05, 0.1) is 19.8 Å². The molecule has 1 atom stereocenters. The molecule has 22 heavy (non-hydrogen) atoms. The first kappa shape index (κ1) is 16.7. The van der Waals surface area contributed by atoms with Crippen molar-refractivity contribution >= 4 is 5.97 Å². The van der Waals surface area contributed by atoms with E-state index >= 15 is 0 Å². The molecule has 1 unspecified atom stereocenters. The van der Waals surface area contributed by atoms with Crippen LogP contribution in [0.2, 0.25) is 0 Å². The van der Waals surface area contributed by atoms with Gasteiger partial charge < -0.3 is 14.2 Å². The molecular formula is C17H23NO4. The topological polar surface area (TPSA) is 56.8 Å². The van der Waals surface area contributed by atoms with Crippen LogP contribution < -0.4 is 5.32 Å². The van der Waals surface area contributed by atoms with Crippen LogP contribution in [0.5, 0.6) is 0 Å². The summed E-state index contributed by atoms with van der Waals surface area (Å²) in [5.41, 5.74) is 2.75. The van der Waals surface area contributed by atoms with Crippen molar-refractivity contribution in [2.75, 3.05) is 33.0 Å². The minimum Gasteiger partial charge on any atom is -0.460 e. The van der Waals surface area contributed by atoms with Gasteiger partial charge in [-0.05, 0) is 24.5 Å². The molecular weight excluding hydrogens is 282 g/mol. The van der Waals surface area contributed by atoms with E-state index in [1.165, 1.54) is 5.56 Å². The van der Waals surface area contributed by atoms with Crippen molar-refractivity contribution in [1.82, 2.24) is 5.32 Å². The molecule has 1 aliphatic heterocycles. The van der Waals surface area contributed by atoms with Gasteiger partial charge in [-0.3, -0.25) is 5.32 Å². The molecule has 5 heteroatoms. The second-order valence-corrected chi connectivity index (χ2v) is 5.23. The highest BCUT2D eigenvalue weighted by Gasteiger charge is 2.16. The van der Waals surface area contributed by atoms with Crippen LogP contribution in [0, 0.1) is 0 Å². The van der Waals surface area contributed by atoms with Crippen molar-refractivity contribution < 1.29 is 19.0 Å². The fraction of sp³-hybridized carbons (Fsp3) is 0.471. The van der Waals surface area contributed by atoms with Gasteiger partial charge in [0.15, 0.2) is 0 Å². The third kappa shape index (κ3) is 5.26. The van der Waals surface area contributed by atoms with E-state index in [2.05, 4.69) is 30.1 Å². The molecule has 1 fully saturated rings. The Bertz CT molecular complexity index is 509. The van der Waals surface area contributed by atoms with Crippen molar-refractivity contribution in [2.45, 2.75) is 19.6 Å². The van der Waals surface area contributed by atoms with E-state index in [4.69, 9.17) is 14.2 Å². The molecule has 1 aromatic carbocycles. The summed E-state index contributed by atoms with van der Waals surface area (Å²) < 4.78 is 16.0. The summed E-state index contributed by atoms with van der Waals surface area (Å²) in [5, 5.41) is 3.29. The van der Waals surface area contributed by atoms with E-state index in [0.717, 1.165) is 25.1 Å². The molecule has 0 spiro atoms. The Morgan fingerprint density at radius 3 is 3.00 bits per heavy atom. The van der Waals surface area contributed by atoms with Gasteiger partial charge in [-0.25, -0.2) is 4.79 Å². The monoisotopic (exact) mass is 305 g/mol. The molecule has 5 nitrogen and oxygen atoms in total. The number of carbonyl (C=O) groups excluding carboxylic acids is 1. The molecule has 0 amide bonds. The summed E-state index contributed by atoms with van der Waals surface area (Å²) in [6, 6.07) is 8.30. The highest BCUT2D eigenvalue weighted by Crippen LogP contribution is 2.19. The Morgan fingerprint density at radius 1 is 1.41 bits per heavy atom. The highest BCUT2D eigenvalue weighted by molar-refractivity contribution is 5.86. The molecule has 1 saturated heterocycles. The normalized spacial score (nSPS) is 17.4. The van der Waals surface area contributed by atoms with Crippen LogP contribution in [-0.2, 0) is 25.4 Å². The smallest absolute Gasteiger partial charge is 0.333 e. The average Bonchev–Trinajstić information content (AvgIpc) is 3.05. The molecule has 1 N–H and O–H groups in total. The first-order chi connectivity index (χ1) is 10.7. The van der Waals surface area contributed by atoms with Crippen LogP contribution in [0.4, 0.5) is 0 Å². The van der Waals surface area contributed by atoms with E-state index in [9.17, 15) is 4.79 Å². The van der Waals surface area contributed by atoms with E-state index < -0.39 is 0 Å². The zero-order chi connectivity index (χ0) is 15.8. The molecule has 1 aromatic rings. The Balaban J connectivity index is 1.65. The third-order valence-corrected chi connectivity index (χ3v) is 3.31. The maximum absolute atomic E-state index is 11.2. The summed E-state index contributed by atoms with van der Waals surface area (Å²) in [7, 11) is 0. The number of rotatable bonds is 8. The molecule has 0 aromatic heterocycles. The Hall–Kier alpha value is -1.69. The quantitative estimate of drug-likeness (QED) is 0.452. The van der Waals surface area contributed by atoms with Crippen molar-refractivity contribution in [1.29, 1.82) is 0 Å². The second-order valence-electron chi connectivity index (χ2n) is 5.23. The number of ether oxygens (including phenoxy) is 3. The van der Waals surface area contributed by atoms with Crippen molar-refractivity contribution in [3.63, 3.8) is 0 Å². The Morgan fingerprint density at radius 2 is 2.27 bits per heavy atom. The van der Waals surface area contributed by atoms with Crippen LogP contribution in [0.25, 0.3) is 0 Å². The highest BCUT2D eigenvalue weighted by atomic mass is 16.6. The number of nitrogens with one attached hydrogen (secondary N) is 1. The predicted octanol–water partition coefficient (Wildman–Crippen LogP) is 1.98. The zero-order valence-corrected chi connectivity index (χ0v) is 13.0. The van der Waals surface area contributed by atoms with Crippen LogP contribution >= 0.6 is 0 Å². The molecule has 0 bridgehead atoms. The lowest BCUT2D eigenvalue weighted by atomic mass is 10.1. The number of esters is 1. The fourth-order valence-electron chi connectivity index (χ4n) is 2.16. The van der Waals surface area contributed by atoms with Gasteiger partial charge in [0.25, 0.3) is 0 Å². The Kier molecular flexibility index (Phi) is 6.58. The van der Waals surface area contributed by atoms with Gasteiger partial charge in [0.2, 0.25) is 0 Å². The second kappa shape index (κ2) is 8.68. The maximum Gasteiger partial charge on any atom is 0.333 e. The summed E-state index contributed by atoms with van der Waals surface area (Å²) >= 11 is 0. The summed E-state index contributed by atoms with van der Waals surface area (Å²) in [6.45, 7) is 8.03. The van der Waals surface area contributed by atoms with Crippen LogP contribution in [0.1, 0.15) is 24.3 Å². The molecule has 120 valence electrons. The molecule has 2 rings (SSSR count). The Labute approximate surface area is 131 Å². The van der Waals surface area contributed by atoms with E-state index in [0.29, 0.717) is 18.8 Å². The summed E-state index contributed by atoms with van der Waals surface area (Å²) in [6.07, 6.45) is 0.817. The molecule has 0 radical (unpaired) electrons. The average molecular weight is 305 g/mol. The number of carbonyl (C=O) groups is 1. The lowest BCUT2D eigenvalue weighted by Crippen LogP contribution is -2.14. The zero-order valence-electron chi connectivity index (χ0n) is 13.0. The van der Waals surface area contributed by atoms with Crippen molar-refractivity contribution in [3.8, 4) is 0 Å². The van der Waals surface area contributed by atoms with Crippen LogP contribution in [0.3, 0.4) is 0 Å². The third-order valence-electron chi connectivity index (χ3n) is 3.31. The summed E-state index contributed by atoms with van der Waals surface area (Å²) in [5.74, 6) is -0.375. The van der Waals surface area contributed by atoms with Gasteiger partial charge >= 0.3 is 5.97 Å². The summed E-state index contributed by atoms with van der Waals surface area (Å²) in [4.78, 5) is 11.2. The minimum atomic E-state index is -0.375. The number of hydrogen-bond acceptors (Lipinski definition) is 5. The minimum absolute atomic E-state index is 0.00224. The van der Waals surface area contributed by atoms with Crippen molar-refractivity contribution in [3.05, 3.63) is 47.5 Å². The lowest BCUT2D eigenvalue weighted by Gasteiger charge is -2.12. The largest absolute Gasteiger partial charge is 0.460 e. The molecule has 0 aliphatic carbocycles. The van der Waals surface area contributed by atoms with Crippen molar-refractivity contribution in [2.24, 2.45) is 0 Å². The first-order valence-corrected chi connectivity index (χ1v) is 7.51. The first-order valence-electron chi connectivity index (χ1n) is 7.51. The van der Waals surface area contributed by atoms with Gasteiger partial charge in [-0.2, -0.15) is 0 Å². The fourth-order valence-corrected chi connectivity index (χ4v) is 2.16. The predicted molar refractivity (Wildman–Crippen MR) is 83.4 cm³/mol. The standard InChI is InChI=1S/C17H23NO4/c1-13(2)17(19)22-11-10-20-8-6-14-4-3-5-15(12-14)16-18-7-9-21-16/h3-5,12,16,18H,1,6-11H2,2H3. The number of hydrogen-bond donors (Lipinski definition) is 1. The number of benzene rings is 1. The van der Waals surface area contributed by atoms with E-state index in [-0.39, 0.29) is 18.8 Å². The van der Waals surface area contributed by atoms with Gasteiger partial charge in [0.1, 0.15) is 12.8 Å².